The Morgan fingerprint density at radius 3 is 2.77 bits per heavy atom. The molecule has 1 aliphatic rings. The van der Waals surface area contributed by atoms with Gasteiger partial charge < -0.3 is 20.6 Å². The van der Waals surface area contributed by atoms with Gasteiger partial charge in [-0.3, -0.25) is 0 Å². The van der Waals surface area contributed by atoms with Crippen LogP contribution in [0, 0.1) is 5.82 Å². The fraction of sp³-hybridized carbons (Fsp3) is 0.333. The molecule has 1 fully saturated rings. The van der Waals surface area contributed by atoms with E-state index in [0.717, 1.165) is 18.2 Å². The number of carbonyl (C=O) groups excluding carboxylic acids is 2. The molecule has 31 heavy (non-hydrogen) atoms. The van der Waals surface area contributed by atoms with Gasteiger partial charge in [0.25, 0.3) is 0 Å². The summed E-state index contributed by atoms with van der Waals surface area (Å²) >= 11 is 5.72. The zero-order valence-corrected chi connectivity index (χ0v) is 16.0. The summed E-state index contributed by atoms with van der Waals surface area (Å²) in [5, 5.41) is 9.17. The van der Waals surface area contributed by atoms with Crippen LogP contribution in [0.25, 0.3) is 0 Å². The van der Waals surface area contributed by atoms with Gasteiger partial charge in [-0.1, -0.05) is 17.1 Å². The summed E-state index contributed by atoms with van der Waals surface area (Å²) in [5.41, 5.74) is 6.39. The number of alkyl halides is 3. The van der Waals surface area contributed by atoms with Crippen LogP contribution in [0.3, 0.4) is 0 Å². The predicted octanol–water partition coefficient (Wildman–Crippen LogP) is 2.00. The predicted molar refractivity (Wildman–Crippen MR) is 93.8 cm³/mol. The average Bonchev–Trinajstić information content (AvgIpc) is 3.29. The van der Waals surface area contributed by atoms with E-state index < -0.39 is 40.6 Å². The van der Waals surface area contributed by atoms with Crippen molar-refractivity contribution in [3.8, 4) is 0 Å². The molecule has 1 aliphatic heterocycles. The van der Waals surface area contributed by atoms with E-state index in [2.05, 4.69) is 29.8 Å². The number of aromatic nitrogens is 2. The number of nitrogens with one attached hydrogen (secondary N) is 2. The Bertz CT molecular complexity index is 989. The van der Waals surface area contributed by atoms with Gasteiger partial charge in [-0.05, 0) is 41.5 Å². The lowest BCUT2D eigenvalue weighted by Crippen LogP contribution is -2.55. The van der Waals surface area contributed by atoms with Crippen molar-refractivity contribution >= 4 is 35.2 Å². The molecule has 1 saturated heterocycles. The Morgan fingerprint density at radius 1 is 1.39 bits per heavy atom. The van der Waals surface area contributed by atoms with Gasteiger partial charge >= 0.3 is 24.1 Å². The number of rotatable bonds is 7. The fourth-order valence-electron chi connectivity index (χ4n) is 2.54. The van der Waals surface area contributed by atoms with E-state index in [9.17, 15) is 27.2 Å². The molecule has 3 rings (SSSR count). The molecule has 4 N–H and O–H groups in total. The first kappa shape index (κ1) is 22.5. The zero-order chi connectivity index (χ0) is 22.8. The van der Waals surface area contributed by atoms with Crippen molar-refractivity contribution in [1.82, 2.24) is 15.8 Å². The van der Waals surface area contributed by atoms with Crippen LogP contribution in [0.15, 0.2) is 22.8 Å². The summed E-state index contributed by atoms with van der Waals surface area (Å²) in [5.74, 6) is -6.70. The molecule has 2 aromatic rings. The molecule has 0 aliphatic carbocycles. The molecule has 1 unspecified atom stereocenters. The van der Waals surface area contributed by atoms with Crippen molar-refractivity contribution in [1.29, 1.82) is 0 Å². The lowest BCUT2D eigenvalue weighted by molar-refractivity contribution is -0.222. The van der Waals surface area contributed by atoms with Crippen molar-refractivity contribution in [2.24, 2.45) is 5.73 Å². The number of anilines is 2. The molecule has 168 valence electrons. The number of carbonyl (C=O) groups is 2. The molecule has 0 bridgehead atoms. The summed E-state index contributed by atoms with van der Waals surface area (Å²) in [6.45, 7) is 0.445. The maximum Gasteiger partial charge on any atom is 0.491 e. The van der Waals surface area contributed by atoms with E-state index in [1.54, 1.807) is 0 Å². The SMILES string of the molecule is NCCCNc1nonc1C1(OC(=O)C(F)(F)F)NOC(=O)N1c1ccc(F)c(Cl)c1. The lowest BCUT2D eigenvalue weighted by atomic mass is 10.2. The summed E-state index contributed by atoms with van der Waals surface area (Å²) in [7, 11) is 0. The van der Waals surface area contributed by atoms with E-state index in [1.165, 1.54) is 0 Å². The molecule has 0 spiro atoms. The molecule has 16 heteroatoms. The molecule has 0 radical (unpaired) electrons. The lowest BCUT2D eigenvalue weighted by Gasteiger charge is -2.32. The number of esters is 1. The van der Waals surface area contributed by atoms with Gasteiger partial charge in [0, 0.05) is 6.54 Å². The third-order valence-corrected chi connectivity index (χ3v) is 4.18. The first-order valence-corrected chi connectivity index (χ1v) is 8.78. The second-order valence-corrected chi connectivity index (χ2v) is 6.37. The average molecular weight is 469 g/mol. The van der Waals surface area contributed by atoms with Gasteiger partial charge in [0.15, 0.2) is 0 Å². The van der Waals surface area contributed by atoms with E-state index in [4.69, 9.17) is 17.3 Å². The van der Waals surface area contributed by atoms with Crippen molar-refractivity contribution in [3.63, 3.8) is 0 Å². The monoisotopic (exact) mass is 468 g/mol. The number of amides is 1. The third-order valence-electron chi connectivity index (χ3n) is 3.89. The Hall–Kier alpha value is -3.17. The summed E-state index contributed by atoms with van der Waals surface area (Å²) in [4.78, 5) is 29.2. The highest BCUT2D eigenvalue weighted by atomic mass is 35.5. The third kappa shape index (κ3) is 4.33. The zero-order valence-electron chi connectivity index (χ0n) is 15.2. The number of hydroxylamine groups is 1. The highest BCUT2D eigenvalue weighted by molar-refractivity contribution is 6.31. The minimum absolute atomic E-state index is 0.179. The fourth-order valence-corrected chi connectivity index (χ4v) is 2.72. The number of hydrogen-bond donors (Lipinski definition) is 3. The van der Waals surface area contributed by atoms with Crippen LogP contribution in [0.2, 0.25) is 5.02 Å². The Kier molecular flexibility index (Phi) is 6.19. The normalized spacial score (nSPS) is 18.8. The van der Waals surface area contributed by atoms with Crippen LogP contribution < -0.4 is 21.4 Å². The Labute approximate surface area is 175 Å². The van der Waals surface area contributed by atoms with Gasteiger partial charge in [-0.2, -0.15) is 13.2 Å². The maximum absolute atomic E-state index is 13.6. The topological polar surface area (TPSA) is 145 Å². The smallest absolute Gasteiger partial charge is 0.408 e. The largest absolute Gasteiger partial charge is 0.491 e. The number of nitrogens with two attached hydrogens (primary N) is 1. The van der Waals surface area contributed by atoms with Gasteiger partial charge in [0.05, 0.1) is 10.7 Å². The van der Waals surface area contributed by atoms with Crippen LogP contribution in [-0.4, -0.2) is 41.6 Å². The summed E-state index contributed by atoms with van der Waals surface area (Å²) in [6, 6.07) is 2.72. The van der Waals surface area contributed by atoms with Gasteiger partial charge in [-0.25, -0.2) is 23.5 Å². The van der Waals surface area contributed by atoms with Crippen LogP contribution in [0.4, 0.5) is 33.9 Å². The van der Waals surface area contributed by atoms with Crippen LogP contribution >= 0.6 is 11.6 Å². The molecule has 1 aromatic heterocycles. The van der Waals surface area contributed by atoms with Crippen LogP contribution in [-0.2, 0) is 20.2 Å². The first-order valence-electron chi connectivity index (χ1n) is 8.40. The maximum atomic E-state index is 13.6. The number of halogens is 5. The van der Waals surface area contributed by atoms with Crippen molar-refractivity contribution in [2.45, 2.75) is 18.4 Å². The molecule has 11 nitrogen and oxygen atoms in total. The quantitative estimate of drug-likeness (QED) is 0.313. The highest BCUT2D eigenvalue weighted by Gasteiger charge is 2.60. The van der Waals surface area contributed by atoms with Gasteiger partial charge in [0.1, 0.15) is 5.82 Å². The highest BCUT2D eigenvalue weighted by Crippen LogP contribution is 2.40. The molecule has 1 atom stereocenters. The van der Waals surface area contributed by atoms with Crippen molar-refractivity contribution in [2.75, 3.05) is 23.3 Å². The summed E-state index contributed by atoms with van der Waals surface area (Å²) < 4.78 is 61.7. The van der Waals surface area contributed by atoms with Crippen molar-refractivity contribution in [3.05, 3.63) is 34.7 Å². The molecular weight excluding hydrogens is 456 g/mol. The number of ether oxygens (including phenoxy) is 1. The van der Waals surface area contributed by atoms with Crippen LogP contribution in [0.1, 0.15) is 12.1 Å². The minimum Gasteiger partial charge on any atom is -0.408 e. The number of hydrogen-bond acceptors (Lipinski definition) is 10. The second kappa shape index (κ2) is 8.52. The number of benzene rings is 1. The Balaban J connectivity index is 2.14. The molecule has 2 heterocycles. The molecular formula is C15H13ClF4N6O5. The molecule has 1 aromatic carbocycles. The number of nitrogens with zero attached hydrogens (tertiary/aromatic N) is 3. The van der Waals surface area contributed by atoms with E-state index >= 15 is 0 Å². The van der Waals surface area contributed by atoms with Crippen LogP contribution in [0.5, 0.6) is 0 Å². The van der Waals surface area contributed by atoms with E-state index in [-0.39, 0.29) is 24.6 Å². The molecule has 0 saturated carbocycles. The first-order chi connectivity index (χ1) is 14.6. The minimum atomic E-state index is -5.46. The second-order valence-electron chi connectivity index (χ2n) is 5.97. The Morgan fingerprint density at radius 2 is 2.13 bits per heavy atom. The van der Waals surface area contributed by atoms with Gasteiger partial charge in [-0.15, -0.1) is 0 Å². The molecule has 1 amide bonds. The standard InChI is InChI=1S/C15H13ClF4N6O5/c16-8-6-7(2-3-9(8)17)26-13(28)30-25-15(26,29-12(27)14(18,19)20)10-11(24-31-23-10)22-5-1-4-21/h2-3,6,25H,1,4-5,21H2,(H,22,24). The van der Waals surface area contributed by atoms with Crippen molar-refractivity contribution < 1.29 is 41.4 Å². The van der Waals surface area contributed by atoms with E-state index in [1.807, 2.05) is 5.48 Å². The summed E-state index contributed by atoms with van der Waals surface area (Å²) in [6.07, 6.45) is -6.37. The van der Waals surface area contributed by atoms with E-state index in [0.29, 0.717) is 11.3 Å². The van der Waals surface area contributed by atoms with Gasteiger partial charge in [0.2, 0.25) is 11.5 Å².